The van der Waals surface area contributed by atoms with Crippen molar-refractivity contribution in [2.24, 2.45) is 0 Å². The summed E-state index contributed by atoms with van der Waals surface area (Å²) in [5.41, 5.74) is 6.93. The van der Waals surface area contributed by atoms with E-state index in [1.807, 2.05) is 46.2 Å². The summed E-state index contributed by atoms with van der Waals surface area (Å²) in [6.45, 7) is 8.45. The van der Waals surface area contributed by atoms with Gasteiger partial charge in [0.15, 0.2) is 0 Å². The number of imide groups is 1. The maximum Gasteiger partial charge on any atom is 0.237 e. The Bertz CT molecular complexity index is 2280. The summed E-state index contributed by atoms with van der Waals surface area (Å²) in [7, 11) is 0. The number of aromatic nitrogens is 5. The highest BCUT2D eigenvalue weighted by atomic mass is 16.5. The quantitative estimate of drug-likeness (QED) is 0.194. The third-order valence-electron chi connectivity index (χ3n) is 11.5. The van der Waals surface area contributed by atoms with E-state index in [0.29, 0.717) is 50.9 Å². The Hall–Kier alpha value is -6.09. The van der Waals surface area contributed by atoms with Crippen molar-refractivity contribution in [2.75, 3.05) is 74.5 Å². The normalized spacial score (nSPS) is 19.3. The molecule has 15 nitrogen and oxygen atoms in total. The van der Waals surface area contributed by atoms with Gasteiger partial charge in [0, 0.05) is 87.3 Å². The smallest absolute Gasteiger partial charge is 0.237 e. The molecule has 0 saturated carbocycles. The van der Waals surface area contributed by atoms with Crippen molar-refractivity contribution in [3.63, 3.8) is 0 Å². The van der Waals surface area contributed by atoms with Gasteiger partial charge in [-0.2, -0.15) is 5.10 Å². The summed E-state index contributed by atoms with van der Waals surface area (Å²) in [5.74, 6) is 1.41. The van der Waals surface area contributed by atoms with E-state index >= 15 is 0 Å². The number of fused-ring (bicyclic) bond motifs is 2. The Labute approximate surface area is 324 Å². The van der Waals surface area contributed by atoms with Gasteiger partial charge in [-0.05, 0) is 61.1 Å². The highest BCUT2D eigenvalue weighted by Gasteiger charge is 2.30. The van der Waals surface area contributed by atoms with Crippen LogP contribution >= 0.6 is 0 Å². The van der Waals surface area contributed by atoms with E-state index in [1.165, 1.54) is 0 Å². The van der Waals surface area contributed by atoms with E-state index in [1.54, 1.807) is 6.20 Å². The molecule has 0 bridgehead atoms. The maximum atomic E-state index is 13.4. The third kappa shape index (κ3) is 7.21. The molecule has 0 aliphatic carbocycles. The SMILES string of the molecule is Cc1c(-c2ccc3cnc(Nc4ccnn4C4CCN(C(=O)CN5CCN(c6ccc(C7CCC(=O)NC7=O)cc6)CC5)CC4)nc3c2)cnc2c1NCCO2. The van der Waals surface area contributed by atoms with Crippen LogP contribution in [0, 0.1) is 6.92 Å². The Morgan fingerprint density at radius 2 is 1.77 bits per heavy atom. The molecule has 15 heteroatoms. The minimum Gasteiger partial charge on any atom is -0.474 e. The van der Waals surface area contributed by atoms with Gasteiger partial charge >= 0.3 is 0 Å². The maximum absolute atomic E-state index is 13.4. The van der Waals surface area contributed by atoms with Gasteiger partial charge in [0.25, 0.3) is 0 Å². The molecule has 2 aromatic carbocycles. The van der Waals surface area contributed by atoms with E-state index in [4.69, 9.17) is 9.72 Å². The number of carbonyl (C=O) groups is 3. The Morgan fingerprint density at radius 3 is 2.57 bits per heavy atom. The second-order valence-corrected chi connectivity index (χ2v) is 15.0. The molecule has 4 aliphatic rings. The van der Waals surface area contributed by atoms with Gasteiger partial charge in [0.05, 0.1) is 30.2 Å². The molecule has 0 spiro atoms. The average molecular weight is 756 g/mol. The van der Waals surface area contributed by atoms with Crippen LogP contribution in [0.4, 0.5) is 23.1 Å². The summed E-state index contributed by atoms with van der Waals surface area (Å²) >= 11 is 0. The van der Waals surface area contributed by atoms with Gasteiger partial charge < -0.3 is 25.2 Å². The summed E-state index contributed by atoms with van der Waals surface area (Å²) < 4.78 is 7.72. The van der Waals surface area contributed by atoms with Crippen LogP contribution in [0.2, 0.25) is 0 Å². The minimum absolute atomic E-state index is 0.144. The second kappa shape index (κ2) is 15.2. The van der Waals surface area contributed by atoms with Gasteiger partial charge in [-0.3, -0.25) is 24.6 Å². The summed E-state index contributed by atoms with van der Waals surface area (Å²) in [5, 5.41) is 14.9. The molecule has 3 amide bonds. The van der Waals surface area contributed by atoms with E-state index in [0.717, 1.165) is 95.9 Å². The van der Waals surface area contributed by atoms with E-state index < -0.39 is 0 Å². The number of pyridine rings is 1. The zero-order valence-corrected chi connectivity index (χ0v) is 31.4. The molecule has 3 fully saturated rings. The van der Waals surface area contributed by atoms with Crippen molar-refractivity contribution in [1.29, 1.82) is 0 Å². The van der Waals surface area contributed by atoms with Gasteiger partial charge in [-0.1, -0.05) is 24.3 Å². The molecule has 4 aliphatic heterocycles. The summed E-state index contributed by atoms with van der Waals surface area (Å²) in [6.07, 6.45) is 8.00. The molecule has 3 N–H and O–H groups in total. The topological polar surface area (TPSA) is 163 Å². The van der Waals surface area contributed by atoms with Gasteiger partial charge in [-0.25, -0.2) is 19.6 Å². The molecule has 5 aromatic rings. The average Bonchev–Trinajstić information content (AvgIpc) is 3.69. The molecule has 288 valence electrons. The number of nitrogens with one attached hydrogen (secondary N) is 3. The monoisotopic (exact) mass is 755 g/mol. The van der Waals surface area contributed by atoms with Crippen LogP contribution in [0.1, 0.15) is 48.8 Å². The largest absolute Gasteiger partial charge is 0.474 e. The molecule has 56 heavy (non-hydrogen) atoms. The Kier molecular flexibility index (Phi) is 9.67. The molecule has 9 rings (SSSR count). The first-order valence-corrected chi connectivity index (χ1v) is 19.5. The lowest BCUT2D eigenvalue weighted by atomic mass is 9.90. The fourth-order valence-corrected chi connectivity index (χ4v) is 8.33. The van der Waals surface area contributed by atoms with Gasteiger partial charge in [-0.15, -0.1) is 0 Å². The number of ether oxygens (including phenoxy) is 1. The number of hydrogen-bond donors (Lipinski definition) is 3. The lowest BCUT2D eigenvalue weighted by Crippen LogP contribution is -2.51. The summed E-state index contributed by atoms with van der Waals surface area (Å²) in [6, 6.07) is 16.3. The predicted octanol–water partition coefficient (Wildman–Crippen LogP) is 4.25. The summed E-state index contributed by atoms with van der Waals surface area (Å²) in [4.78, 5) is 57.8. The molecule has 1 unspecified atom stereocenters. The Balaban J connectivity index is 0.773. The van der Waals surface area contributed by atoms with Gasteiger partial charge in [0.1, 0.15) is 18.1 Å². The number of rotatable bonds is 8. The van der Waals surface area contributed by atoms with Crippen LogP contribution < -0.4 is 25.6 Å². The number of hydrogen-bond acceptors (Lipinski definition) is 12. The van der Waals surface area contributed by atoms with Crippen molar-refractivity contribution >= 4 is 51.8 Å². The third-order valence-corrected chi connectivity index (χ3v) is 11.5. The van der Waals surface area contributed by atoms with Crippen molar-refractivity contribution in [3.8, 4) is 17.0 Å². The number of benzene rings is 2. The number of likely N-dealkylation sites (tertiary alicyclic amines) is 1. The molecular formula is C41H45N11O4. The van der Waals surface area contributed by atoms with E-state index in [9.17, 15) is 14.4 Å². The van der Waals surface area contributed by atoms with Crippen molar-refractivity contribution < 1.29 is 19.1 Å². The highest BCUT2D eigenvalue weighted by molar-refractivity contribution is 6.01. The number of amides is 3. The lowest BCUT2D eigenvalue weighted by molar-refractivity contribution is -0.135. The minimum atomic E-state index is -0.281. The first kappa shape index (κ1) is 35.6. The zero-order chi connectivity index (χ0) is 38.2. The van der Waals surface area contributed by atoms with Gasteiger partial charge in [0.2, 0.25) is 29.5 Å². The fourth-order valence-electron chi connectivity index (χ4n) is 8.33. The van der Waals surface area contributed by atoms with E-state index in [-0.39, 0.29) is 29.7 Å². The van der Waals surface area contributed by atoms with Crippen molar-refractivity contribution in [1.82, 2.24) is 39.8 Å². The highest BCUT2D eigenvalue weighted by Crippen LogP contribution is 2.36. The molecule has 1 atom stereocenters. The number of anilines is 4. The van der Waals surface area contributed by atoms with Crippen molar-refractivity contribution in [3.05, 3.63) is 78.2 Å². The first-order chi connectivity index (χ1) is 27.4. The fraction of sp³-hybridized carbons (Fsp3) is 0.390. The lowest BCUT2D eigenvalue weighted by Gasteiger charge is -2.38. The molecule has 3 saturated heterocycles. The van der Waals surface area contributed by atoms with Crippen LogP contribution in [-0.2, 0) is 14.4 Å². The number of piperidine rings is 2. The Morgan fingerprint density at radius 1 is 0.946 bits per heavy atom. The predicted molar refractivity (Wildman–Crippen MR) is 212 cm³/mol. The van der Waals surface area contributed by atoms with Crippen molar-refractivity contribution in [2.45, 2.75) is 44.6 Å². The van der Waals surface area contributed by atoms with E-state index in [2.05, 4.69) is 72.0 Å². The van der Waals surface area contributed by atoms with Crippen LogP contribution in [0.15, 0.2) is 67.1 Å². The van der Waals surface area contributed by atoms with Crippen LogP contribution in [0.3, 0.4) is 0 Å². The number of carbonyl (C=O) groups excluding carboxylic acids is 3. The zero-order valence-electron chi connectivity index (χ0n) is 31.4. The molecule has 3 aromatic heterocycles. The number of piperazine rings is 1. The van der Waals surface area contributed by atoms with Crippen LogP contribution in [-0.4, -0.2) is 111 Å². The molecule has 0 radical (unpaired) electrons. The van der Waals surface area contributed by atoms with Crippen LogP contribution in [0.25, 0.3) is 22.0 Å². The molecule has 7 heterocycles. The first-order valence-electron chi connectivity index (χ1n) is 19.5. The molecular weight excluding hydrogens is 711 g/mol. The second-order valence-electron chi connectivity index (χ2n) is 15.0. The number of nitrogens with zero attached hydrogens (tertiary/aromatic N) is 8. The standard InChI is InChI=1S/C41H45N11O4/c1-26-33(24-43-40-38(26)42-14-21-56-40)28-2-3-29-23-44-41(46-34(29)22-28)47-35-10-13-45-52(35)31-11-15-51(16-12-31)37(54)25-49-17-19-50(20-18-49)30-6-4-27(5-7-30)32-8-9-36(53)48-39(32)55/h2-7,10,13,22-24,31-32,42H,8-9,11-12,14-21,25H2,1H3,(H,44,46,47)(H,48,53,55). The van der Waals surface area contributed by atoms with Crippen LogP contribution in [0.5, 0.6) is 5.88 Å².